The Hall–Kier alpha value is -17.0. The number of aromatic nitrogens is 12. The van der Waals surface area contributed by atoms with Gasteiger partial charge in [0, 0.05) is 111 Å². The lowest BCUT2D eigenvalue weighted by Crippen LogP contribution is -2.14. The van der Waals surface area contributed by atoms with Crippen LogP contribution in [0.4, 0.5) is 0 Å². The van der Waals surface area contributed by atoms with Crippen LogP contribution in [-0.4, -0.2) is 57.6 Å². The largest absolute Gasteiger partial charge is 0.292 e. The first-order valence-electron chi connectivity index (χ1n) is 43.1. The van der Waals surface area contributed by atoms with E-state index < -0.39 is 0 Å². The molecular formula is C115H72N12. The van der Waals surface area contributed by atoms with Crippen molar-refractivity contribution >= 4 is 170 Å². The van der Waals surface area contributed by atoms with E-state index in [2.05, 4.69) is 371 Å². The average Bonchev–Trinajstić information content (AvgIpc) is 1.63. The minimum absolute atomic E-state index is 0.0342. The molecule has 28 rings (SSSR count). The summed E-state index contributed by atoms with van der Waals surface area (Å²) in [4.78, 5) is 40.0. The molecule has 0 N–H and O–H groups in total. The van der Waals surface area contributed by atoms with Gasteiger partial charge < -0.3 is 0 Å². The van der Waals surface area contributed by atoms with Gasteiger partial charge in [0.2, 0.25) is 0 Å². The highest BCUT2D eigenvalue weighted by molar-refractivity contribution is 6.26. The van der Waals surface area contributed by atoms with Gasteiger partial charge in [-0.25, -0.2) is 24.9 Å². The summed E-state index contributed by atoms with van der Waals surface area (Å²) in [5.41, 5.74) is 34.0. The van der Waals surface area contributed by atoms with E-state index in [-0.39, 0.29) is 5.41 Å². The van der Waals surface area contributed by atoms with Crippen LogP contribution in [0.2, 0.25) is 0 Å². The van der Waals surface area contributed by atoms with Crippen molar-refractivity contribution in [3.63, 3.8) is 0 Å². The summed E-state index contributed by atoms with van der Waals surface area (Å²) in [6.07, 6.45) is 5.65. The maximum atomic E-state index is 5.14. The van der Waals surface area contributed by atoms with Crippen LogP contribution in [0.15, 0.2) is 401 Å². The van der Waals surface area contributed by atoms with E-state index in [0.29, 0.717) is 0 Å². The highest BCUT2D eigenvalue weighted by Crippen LogP contribution is 2.51. The molecule has 0 saturated heterocycles. The van der Waals surface area contributed by atoms with E-state index >= 15 is 0 Å². The summed E-state index contributed by atoms with van der Waals surface area (Å²) in [5.74, 6) is 0.926. The Balaban J connectivity index is 0.000000101. The second-order valence-electron chi connectivity index (χ2n) is 33.7. The predicted molar refractivity (Wildman–Crippen MR) is 524 cm³/mol. The van der Waals surface area contributed by atoms with Crippen LogP contribution in [0.5, 0.6) is 0 Å². The topological polar surface area (TPSA) is 121 Å². The molecule has 12 heteroatoms. The highest BCUT2D eigenvalue weighted by atomic mass is 15.1. The van der Waals surface area contributed by atoms with E-state index in [1.807, 2.05) is 61.1 Å². The molecule has 592 valence electrons. The molecule has 1 aliphatic carbocycles. The van der Waals surface area contributed by atoms with Crippen molar-refractivity contribution in [2.24, 2.45) is 0 Å². The molecule has 1 aliphatic rings. The molecule has 0 fully saturated rings. The molecular weight excluding hydrogens is 1550 g/mol. The zero-order valence-electron chi connectivity index (χ0n) is 69.0. The molecule has 12 nitrogen and oxygen atoms in total. The lowest BCUT2D eigenvalue weighted by Gasteiger charge is -2.22. The Morgan fingerprint density at radius 1 is 0.228 bits per heavy atom. The van der Waals surface area contributed by atoms with Gasteiger partial charge in [-0.3, -0.25) is 32.7 Å². The first-order chi connectivity index (χ1) is 62.7. The van der Waals surface area contributed by atoms with Gasteiger partial charge in [0.05, 0.1) is 88.6 Å². The SMILES string of the molecule is CC1(C)c2ccccc2-c2ccc(-c3ccc4c(c3)c3c(ccc5cccnc53)c3nc5ccccc5n43)cc21.c1cc(-c2ccc3ccccc3c2)nc(-c2ccc3c(c2)c2c(ccc4cccnc42)c2nc4ccccc4n32)c1.c1ccc(-n2c(-c3ccc(-c4ccc5c(c4)c4c(ccc6cccnc64)c4nc6ccccc6n54)cc3)nc3ccccc32)cc1. The summed E-state index contributed by atoms with van der Waals surface area (Å²) in [6, 6.07) is 135. The molecule has 0 aliphatic heterocycles. The number of pyridine rings is 7. The zero-order valence-corrected chi connectivity index (χ0v) is 69.0. The number of benzene rings is 16. The van der Waals surface area contributed by atoms with Gasteiger partial charge >= 0.3 is 0 Å². The fraction of sp³-hybridized carbons (Fsp3) is 0.0261. The number of hydrogen-bond acceptors (Lipinski definition) is 8. The van der Waals surface area contributed by atoms with Crippen LogP contribution < -0.4 is 0 Å². The summed E-state index contributed by atoms with van der Waals surface area (Å²) >= 11 is 0. The van der Waals surface area contributed by atoms with Gasteiger partial charge in [-0.2, -0.15) is 0 Å². The minimum atomic E-state index is -0.0342. The van der Waals surface area contributed by atoms with Gasteiger partial charge in [0.1, 0.15) is 22.8 Å². The smallest absolute Gasteiger partial charge is 0.146 e. The van der Waals surface area contributed by atoms with Crippen LogP contribution in [-0.2, 0) is 5.41 Å². The van der Waals surface area contributed by atoms with Crippen molar-refractivity contribution in [2.45, 2.75) is 19.3 Å². The fourth-order valence-corrected chi connectivity index (χ4v) is 20.3. The summed E-state index contributed by atoms with van der Waals surface area (Å²) in [6.45, 7) is 4.68. The van der Waals surface area contributed by atoms with Crippen LogP contribution in [0, 0.1) is 0 Å². The second-order valence-corrected chi connectivity index (χ2v) is 33.7. The number of hydrogen-bond donors (Lipinski definition) is 0. The maximum Gasteiger partial charge on any atom is 0.146 e. The van der Waals surface area contributed by atoms with Crippen molar-refractivity contribution in [3.05, 3.63) is 412 Å². The third kappa shape index (κ3) is 11.2. The Labute approximate surface area is 726 Å². The second kappa shape index (κ2) is 28.0. The van der Waals surface area contributed by atoms with Crippen LogP contribution in [0.1, 0.15) is 25.0 Å². The number of fused-ring (bicyclic) bond motifs is 35. The summed E-state index contributed by atoms with van der Waals surface area (Å²) < 4.78 is 9.13. The molecule has 0 saturated carbocycles. The number of nitrogens with zero attached hydrogens (tertiary/aromatic N) is 12. The van der Waals surface area contributed by atoms with E-state index in [1.165, 1.54) is 49.5 Å². The molecule has 11 heterocycles. The first kappa shape index (κ1) is 71.7. The number of imidazole rings is 4. The first-order valence-corrected chi connectivity index (χ1v) is 43.1. The Morgan fingerprint density at radius 2 is 0.614 bits per heavy atom. The van der Waals surface area contributed by atoms with Crippen LogP contribution in [0.25, 0.3) is 243 Å². The molecule has 0 amide bonds. The van der Waals surface area contributed by atoms with Crippen LogP contribution >= 0.6 is 0 Å². The lowest BCUT2D eigenvalue weighted by molar-refractivity contribution is 0.660. The third-order valence-electron chi connectivity index (χ3n) is 26.3. The highest BCUT2D eigenvalue weighted by Gasteiger charge is 2.36. The molecule has 0 atom stereocenters. The molecule has 127 heavy (non-hydrogen) atoms. The summed E-state index contributed by atoms with van der Waals surface area (Å²) in [7, 11) is 0. The van der Waals surface area contributed by atoms with E-state index in [1.54, 1.807) is 0 Å². The predicted octanol–water partition coefficient (Wildman–Crippen LogP) is 28.6. The Morgan fingerprint density at radius 3 is 1.16 bits per heavy atom. The molecule has 0 unspecified atom stereocenters. The van der Waals surface area contributed by atoms with E-state index in [0.717, 1.165) is 204 Å². The molecule has 0 bridgehead atoms. The Kier molecular flexibility index (Phi) is 15.8. The molecule has 27 aromatic rings. The van der Waals surface area contributed by atoms with E-state index in [9.17, 15) is 0 Å². The monoisotopic (exact) mass is 1620 g/mol. The quantitative estimate of drug-likeness (QED) is 0.151. The number of rotatable bonds is 6. The van der Waals surface area contributed by atoms with Crippen molar-refractivity contribution < 1.29 is 0 Å². The number of para-hydroxylation sites is 9. The zero-order chi connectivity index (χ0) is 83.7. The molecule has 11 aromatic heterocycles. The summed E-state index contributed by atoms with van der Waals surface area (Å²) in [5, 5.41) is 16.0. The van der Waals surface area contributed by atoms with Crippen LogP contribution in [0.3, 0.4) is 0 Å². The van der Waals surface area contributed by atoms with Crippen molar-refractivity contribution in [1.82, 2.24) is 57.6 Å². The lowest BCUT2D eigenvalue weighted by atomic mass is 9.81. The molecule has 0 radical (unpaired) electrons. The third-order valence-corrected chi connectivity index (χ3v) is 26.3. The van der Waals surface area contributed by atoms with Gasteiger partial charge in [0.25, 0.3) is 0 Å². The fourth-order valence-electron chi connectivity index (χ4n) is 20.3. The Bertz CT molecular complexity index is 9340. The molecule has 0 spiro atoms. The van der Waals surface area contributed by atoms with Gasteiger partial charge in [-0.15, -0.1) is 0 Å². The van der Waals surface area contributed by atoms with Gasteiger partial charge in [-0.1, -0.05) is 238 Å². The maximum absolute atomic E-state index is 5.14. The van der Waals surface area contributed by atoms with Crippen molar-refractivity contribution in [3.8, 4) is 73.0 Å². The van der Waals surface area contributed by atoms with Gasteiger partial charge in [0.15, 0.2) is 0 Å². The normalized spacial score (nSPS) is 12.6. The van der Waals surface area contributed by atoms with Crippen molar-refractivity contribution in [1.29, 1.82) is 0 Å². The standard InChI is InChI=1S/C41H25N5.C37H22N4.C37H25N3/c1-2-10-30(11-3-1)45-36-14-6-4-12-33(36)43-40(45)28-18-16-26(17-19-28)29-21-23-35-32(25-29)38-31(22-20-27-9-8-24-42-39(27)38)41-44-34-13-5-7-15-37(34)46(35)41;1-2-8-25-21-26(15-14-23(25)7-1)30-11-5-12-31(39-30)27-17-19-33-29(22-27)35-28(18-16-24-9-6-20-38-36(24)35)37-40-32-10-3-4-13-34(32)41(33)37;1-37(2)29-10-4-3-9-25(29)26-16-14-24(21-30(26)37)23-15-18-32-28(20-23)34-27(17-13-22-8-7-19-38-35(22)34)36-39-31-11-5-6-12-33(31)40(32)36/h1-25H;1-22H;3-21H,1-2H3. The van der Waals surface area contributed by atoms with Gasteiger partial charge in [-0.05, 0) is 213 Å². The molecule has 16 aromatic carbocycles. The van der Waals surface area contributed by atoms with E-state index in [4.69, 9.17) is 39.9 Å². The average molecular weight is 1620 g/mol. The minimum Gasteiger partial charge on any atom is -0.292 e. The van der Waals surface area contributed by atoms with Crippen molar-refractivity contribution in [2.75, 3.05) is 0 Å².